The van der Waals surface area contributed by atoms with Crippen LogP contribution in [0.5, 0.6) is 0 Å². The quantitative estimate of drug-likeness (QED) is 0.0924. The van der Waals surface area contributed by atoms with Crippen molar-refractivity contribution in [2.24, 2.45) is 0 Å². The van der Waals surface area contributed by atoms with Gasteiger partial charge in [0.05, 0.1) is 32.5 Å². The number of aromatic nitrogens is 2. The second kappa shape index (κ2) is 22.4. The number of anilines is 1. The van der Waals surface area contributed by atoms with Gasteiger partial charge in [-0.2, -0.15) is 4.98 Å². The molecule has 0 aromatic carbocycles. The molecule has 12 heteroatoms. The molecule has 3 atom stereocenters. The topological polar surface area (TPSA) is 166 Å². The fourth-order valence-corrected chi connectivity index (χ4v) is 5.21. The Labute approximate surface area is 233 Å². The Balaban J connectivity index is 2.11. The standard InChI is InChI=1S/C27H52N3O8P/c1-2-3-4-5-6-7-8-9-10-11-12-13-14-15-18-36-22-25(21-32)38-39(34,35)23-37-24(20-31)19-30-17-16-26(28)29-27(30)33/h16-17,24-25,31-32H,2-15,18-23H2,1H3,(H,34,35)(H2,28,29,33). The molecule has 0 bridgehead atoms. The van der Waals surface area contributed by atoms with Gasteiger partial charge in [0.2, 0.25) is 0 Å². The molecule has 0 saturated heterocycles. The molecule has 0 aliphatic carbocycles. The highest BCUT2D eigenvalue weighted by molar-refractivity contribution is 7.52. The number of aliphatic hydroxyl groups is 2. The molecule has 11 nitrogen and oxygen atoms in total. The summed E-state index contributed by atoms with van der Waals surface area (Å²) >= 11 is 0. The first-order valence-electron chi connectivity index (χ1n) is 14.6. The van der Waals surface area contributed by atoms with Gasteiger partial charge in [-0.3, -0.25) is 13.7 Å². The second-order valence-corrected chi connectivity index (χ2v) is 11.9. The van der Waals surface area contributed by atoms with Crippen LogP contribution in [0.15, 0.2) is 17.1 Å². The van der Waals surface area contributed by atoms with Crippen LogP contribution < -0.4 is 11.4 Å². The molecule has 5 N–H and O–H groups in total. The van der Waals surface area contributed by atoms with Crippen molar-refractivity contribution < 1.29 is 33.7 Å². The van der Waals surface area contributed by atoms with Crippen LogP contribution in [0, 0.1) is 0 Å². The third kappa shape index (κ3) is 18.6. The number of nitrogens with two attached hydrogens (primary N) is 1. The SMILES string of the molecule is CCCCCCCCCCCCCCCCOCC(CO)OP(=O)(O)COC(CO)Cn1ccc(N)nc1=O. The predicted molar refractivity (Wildman–Crippen MR) is 153 cm³/mol. The molecule has 0 saturated carbocycles. The summed E-state index contributed by atoms with van der Waals surface area (Å²) in [6.45, 7) is 1.64. The van der Waals surface area contributed by atoms with Gasteiger partial charge < -0.3 is 30.3 Å². The van der Waals surface area contributed by atoms with E-state index < -0.39 is 45.1 Å². The summed E-state index contributed by atoms with van der Waals surface area (Å²) in [6, 6.07) is 1.42. The number of hydrogen-bond acceptors (Lipinski definition) is 9. The number of nitrogens with zero attached hydrogens (tertiary/aromatic N) is 2. The zero-order valence-corrected chi connectivity index (χ0v) is 24.6. The fraction of sp³-hybridized carbons (Fsp3) is 0.852. The Bertz CT molecular complexity index is 841. The molecule has 0 radical (unpaired) electrons. The number of aliphatic hydroxyl groups excluding tert-OH is 2. The van der Waals surface area contributed by atoms with Crippen LogP contribution in [0.1, 0.15) is 96.8 Å². The number of hydrogen-bond donors (Lipinski definition) is 4. The molecule has 0 amide bonds. The van der Waals surface area contributed by atoms with Crippen LogP contribution in [0.4, 0.5) is 5.82 Å². The highest BCUT2D eigenvalue weighted by Crippen LogP contribution is 2.43. The Morgan fingerprint density at radius 1 is 0.923 bits per heavy atom. The highest BCUT2D eigenvalue weighted by atomic mass is 31.2. The molecule has 0 aliphatic rings. The summed E-state index contributed by atoms with van der Waals surface area (Å²) in [5.74, 6) is 0.0626. The first-order chi connectivity index (χ1) is 18.8. The van der Waals surface area contributed by atoms with E-state index in [0.717, 1.165) is 19.3 Å². The minimum absolute atomic E-state index is 0.0184. The van der Waals surface area contributed by atoms with E-state index in [1.807, 2.05) is 0 Å². The minimum Gasteiger partial charge on any atom is -0.394 e. The van der Waals surface area contributed by atoms with Crippen molar-refractivity contribution in [1.29, 1.82) is 0 Å². The van der Waals surface area contributed by atoms with Crippen LogP contribution in [0.25, 0.3) is 0 Å². The van der Waals surface area contributed by atoms with E-state index >= 15 is 0 Å². The van der Waals surface area contributed by atoms with Gasteiger partial charge >= 0.3 is 13.3 Å². The lowest BCUT2D eigenvalue weighted by Crippen LogP contribution is -2.32. The Morgan fingerprint density at radius 2 is 1.46 bits per heavy atom. The van der Waals surface area contributed by atoms with Crippen molar-refractivity contribution in [3.05, 3.63) is 22.7 Å². The Morgan fingerprint density at radius 3 is 1.97 bits per heavy atom. The first-order valence-corrected chi connectivity index (χ1v) is 16.3. The van der Waals surface area contributed by atoms with Crippen LogP contribution in [0.3, 0.4) is 0 Å². The van der Waals surface area contributed by atoms with Gasteiger partial charge in [0.15, 0.2) is 0 Å². The maximum Gasteiger partial charge on any atom is 0.353 e. The predicted octanol–water partition coefficient (Wildman–Crippen LogP) is 4.22. The average Bonchev–Trinajstić information content (AvgIpc) is 2.91. The molecule has 1 rings (SSSR count). The molecule has 1 aromatic heterocycles. The van der Waals surface area contributed by atoms with Gasteiger partial charge in [-0.05, 0) is 12.5 Å². The Kier molecular flexibility index (Phi) is 20.5. The number of rotatable bonds is 26. The molecule has 3 unspecified atom stereocenters. The van der Waals surface area contributed by atoms with E-state index in [0.29, 0.717) is 6.61 Å². The summed E-state index contributed by atoms with van der Waals surface area (Å²) in [4.78, 5) is 25.5. The fourth-order valence-electron chi connectivity index (χ4n) is 4.16. The van der Waals surface area contributed by atoms with Crippen molar-refractivity contribution >= 4 is 13.4 Å². The van der Waals surface area contributed by atoms with Crippen LogP contribution in [-0.2, 0) is 25.1 Å². The molecule has 228 valence electrons. The van der Waals surface area contributed by atoms with E-state index in [-0.39, 0.29) is 19.0 Å². The lowest BCUT2D eigenvalue weighted by molar-refractivity contribution is -0.00596. The largest absolute Gasteiger partial charge is 0.394 e. The molecule has 1 aromatic rings. The summed E-state index contributed by atoms with van der Waals surface area (Å²) in [6.07, 6.45) is 16.5. The smallest absolute Gasteiger partial charge is 0.353 e. The van der Waals surface area contributed by atoms with Gasteiger partial charge in [-0.1, -0.05) is 90.4 Å². The van der Waals surface area contributed by atoms with E-state index in [4.69, 9.17) is 19.7 Å². The molecule has 0 spiro atoms. The summed E-state index contributed by atoms with van der Waals surface area (Å²) in [5.41, 5.74) is 4.82. The van der Waals surface area contributed by atoms with Crippen LogP contribution in [-0.4, -0.2) is 69.6 Å². The minimum atomic E-state index is -4.24. The highest BCUT2D eigenvalue weighted by Gasteiger charge is 2.27. The third-order valence-electron chi connectivity index (χ3n) is 6.44. The first kappa shape index (κ1) is 35.7. The van der Waals surface area contributed by atoms with Crippen LogP contribution in [0.2, 0.25) is 0 Å². The van der Waals surface area contributed by atoms with Gasteiger partial charge in [-0.15, -0.1) is 0 Å². The van der Waals surface area contributed by atoms with E-state index in [1.54, 1.807) is 0 Å². The summed E-state index contributed by atoms with van der Waals surface area (Å²) < 4.78 is 29.5. The van der Waals surface area contributed by atoms with Crippen LogP contribution >= 0.6 is 7.60 Å². The third-order valence-corrected chi connectivity index (χ3v) is 7.54. The molecule has 1 heterocycles. The average molecular weight is 578 g/mol. The number of ether oxygens (including phenoxy) is 2. The molecular weight excluding hydrogens is 525 g/mol. The van der Waals surface area contributed by atoms with Crippen molar-refractivity contribution in [3.8, 4) is 0 Å². The molecule has 0 fully saturated rings. The summed E-state index contributed by atoms with van der Waals surface area (Å²) in [7, 11) is -4.24. The van der Waals surface area contributed by atoms with Gasteiger partial charge in [0, 0.05) is 12.8 Å². The summed E-state index contributed by atoms with van der Waals surface area (Å²) in [5, 5.41) is 19.0. The normalized spacial score (nSPS) is 14.8. The van der Waals surface area contributed by atoms with Gasteiger partial charge in [0.1, 0.15) is 18.3 Å². The van der Waals surface area contributed by atoms with Crippen molar-refractivity contribution in [2.75, 3.05) is 38.5 Å². The van der Waals surface area contributed by atoms with E-state index in [2.05, 4.69) is 11.9 Å². The molecule has 39 heavy (non-hydrogen) atoms. The van der Waals surface area contributed by atoms with E-state index in [1.165, 1.54) is 87.5 Å². The Hall–Kier alpha value is -1.33. The molecule has 0 aliphatic heterocycles. The number of unbranched alkanes of at least 4 members (excludes halogenated alkanes) is 13. The lowest BCUT2D eigenvalue weighted by atomic mass is 10.0. The molecular formula is C27H52N3O8P. The van der Waals surface area contributed by atoms with Crippen molar-refractivity contribution in [1.82, 2.24) is 9.55 Å². The lowest BCUT2D eigenvalue weighted by Gasteiger charge is -2.22. The maximum absolute atomic E-state index is 12.4. The van der Waals surface area contributed by atoms with Crippen molar-refractivity contribution in [3.63, 3.8) is 0 Å². The van der Waals surface area contributed by atoms with Crippen molar-refractivity contribution in [2.45, 2.75) is 116 Å². The van der Waals surface area contributed by atoms with Gasteiger partial charge in [0.25, 0.3) is 0 Å². The maximum atomic E-state index is 12.4. The zero-order chi connectivity index (χ0) is 28.8. The second-order valence-electron chi connectivity index (χ2n) is 10.1. The van der Waals surface area contributed by atoms with E-state index in [9.17, 15) is 24.5 Å². The number of nitrogen functional groups attached to an aromatic ring is 1. The van der Waals surface area contributed by atoms with Gasteiger partial charge in [-0.25, -0.2) is 4.79 Å². The monoisotopic (exact) mass is 577 g/mol. The zero-order valence-electron chi connectivity index (χ0n) is 23.8.